The quantitative estimate of drug-likeness (QED) is 0.376. The third kappa shape index (κ3) is 1.50. The van der Waals surface area contributed by atoms with Crippen LogP contribution in [0.4, 0.5) is 13.2 Å². The lowest BCUT2D eigenvalue weighted by Crippen LogP contribution is -2.35. The van der Waals surface area contributed by atoms with Gasteiger partial charge in [-0.05, 0) is 6.92 Å². The van der Waals surface area contributed by atoms with E-state index in [0.717, 1.165) is 5.57 Å². The zero-order valence-electron chi connectivity index (χ0n) is 5.57. The molecule has 0 saturated carbocycles. The lowest BCUT2D eigenvalue weighted by molar-refractivity contribution is -0.236. The molecule has 1 rings (SSSR count). The van der Waals surface area contributed by atoms with E-state index in [1.807, 2.05) is 0 Å². The Balaban J connectivity index is 2.50. The summed E-state index contributed by atoms with van der Waals surface area (Å²) in [5, 5.41) is 0. The van der Waals surface area contributed by atoms with Gasteiger partial charge in [-0.3, -0.25) is 0 Å². The Morgan fingerprint density at radius 2 is 2.10 bits per heavy atom. The smallest absolute Gasteiger partial charge is 0.207 e. The second-order valence-corrected chi connectivity index (χ2v) is 2.40. The van der Waals surface area contributed by atoms with Crippen LogP contribution in [-0.4, -0.2) is 24.3 Å². The summed E-state index contributed by atoms with van der Waals surface area (Å²) >= 11 is 0. The second kappa shape index (κ2) is 2.27. The van der Waals surface area contributed by atoms with Crippen molar-refractivity contribution in [2.45, 2.75) is 13.2 Å². The lowest BCUT2D eigenvalue weighted by atomic mass is 10.3. The van der Waals surface area contributed by atoms with E-state index >= 15 is 0 Å². The fourth-order valence-corrected chi connectivity index (χ4v) is 0.889. The molecule has 1 aliphatic rings. The monoisotopic (exact) mass is 151 g/mol. The summed E-state index contributed by atoms with van der Waals surface area (Å²) in [7, 11) is 0. The van der Waals surface area contributed by atoms with Crippen LogP contribution in [0.25, 0.3) is 0 Å². The molecule has 10 heavy (non-hydrogen) atoms. The first kappa shape index (κ1) is 7.60. The topological polar surface area (TPSA) is 3.24 Å². The van der Waals surface area contributed by atoms with Crippen LogP contribution in [0.3, 0.4) is 0 Å². The molecule has 0 amide bonds. The van der Waals surface area contributed by atoms with Crippen LogP contribution in [0.5, 0.6) is 0 Å². The standard InChI is InChI=1S/C6H8F3N/c1-5-2-3-10(4-5)6(7,8)9/h2H,3-4H2,1H3. The maximum atomic E-state index is 11.8. The van der Waals surface area contributed by atoms with E-state index in [9.17, 15) is 13.2 Å². The van der Waals surface area contributed by atoms with Crippen molar-refractivity contribution >= 4 is 0 Å². The molecular weight excluding hydrogens is 143 g/mol. The number of alkyl halides is 3. The van der Waals surface area contributed by atoms with Gasteiger partial charge in [0.1, 0.15) is 0 Å². The van der Waals surface area contributed by atoms with Crippen LogP contribution in [-0.2, 0) is 0 Å². The van der Waals surface area contributed by atoms with E-state index in [0.29, 0.717) is 4.90 Å². The van der Waals surface area contributed by atoms with E-state index in [1.165, 1.54) is 0 Å². The molecule has 58 valence electrons. The maximum absolute atomic E-state index is 11.8. The summed E-state index contributed by atoms with van der Waals surface area (Å²) in [6.45, 7) is 1.74. The van der Waals surface area contributed by atoms with Crippen molar-refractivity contribution in [3.8, 4) is 0 Å². The van der Waals surface area contributed by atoms with Crippen LogP contribution < -0.4 is 0 Å². The zero-order valence-corrected chi connectivity index (χ0v) is 5.57. The zero-order chi connectivity index (χ0) is 7.78. The summed E-state index contributed by atoms with van der Waals surface area (Å²) in [4.78, 5) is 0.475. The van der Waals surface area contributed by atoms with Crippen molar-refractivity contribution in [3.05, 3.63) is 11.6 Å². The van der Waals surface area contributed by atoms with Gasteiger partial charge in [-0.1, -0.05) is 11.6 Å². The van der Waals surface area contributed by atoms with Gasteiger partial charge < -0.3 is 0 Å². The molecule has 4 heteroatoms. The normalized spacial score (nSPS) is 21.4. The van der Waals surface area contributed by atoms with Gasteiger partial charge in [0, 0.05) is 13.1 Å². The Morgan fingerprint density at radius 3 is 2.30 bits per heavy atom. The van der Waals surface area contributed by atoms with Crippen molar-refractivity contribution < 1.29 is 13.2 Å². The van der Waals surface area contributed by atoms with Gasteiger partial charge in [-0.25, -0.2) is 4.90 Å². The summed E-state index contributed by atoms with van der Waals surface area (Å²) in [5.74, 6) is 0. The Morgan fingerprint density at radius 1 is 1.50 bits per heavy atom. The molecule has 0 N–H and O–H groups in total. The fourth-order valence-electron chi connectivity index (χ4n) is 0.889. The molecule has 0 spiro atoms. The predicted molar refractivity (Wildman–Crippen MR) is 31.4 cm³/mol. The van der Waals surface area contributed by atoms with Crippen LogP contribution >= 0.6 is 0 Å². The summed E-state index contributed by atoms with van der Waals surface area (Å²) < 4.78 is 35.5. The Bertz CT molecular complexity index is 159. The van der Waals surface area contributed by atoms with Gasteiger partial charge >= 0.3 is 6.30 Å². The summed E-state index contributed by atoms with van der Waals surface area (Å²) in [5.41, 5.74) is 0.789. The molecule has 0 atom stereocenters. The highest BCUT2D eigenvalue weighted by Gasteiger charge is 2.37. The molecule has 0 aromatic heterocycles. The maximum Gasteiger partial charge on any atom is 0.460 e. The highest BCUT2D eigenvalue weighted by atomic mass is 19.4. The Labute approximate surface area is 57.1 Å². The number of hydrogen-bond donors (Lipinski definition) is 0. The van der Waals surface area contributed by atoms with Crippen molar-refractivity contribution in [1.82, 2.24) is 4.90 Å². The second-order valence-electron chi connectivity index (χ2n) is 2.40. The first-order valence-corrected chi connectivity index (χ1v) is 2.97. The van der Waals surface area contributed by atoms with E-state index < -0.39 is 6.30 Å². The first-order chi connectivity index (χ1) is 4.50. The molecule has 0 bridgehead atoms. The minimum Gasteiger partial charge on any atom is -0.207 e. The minimum absolute atomic E-state index is 0.00926. The van der Waals surface area contributed by atoms with Crippen molar-refractivity contribution in [2.24, 2.45) is 0 Å². The Kier molecular flexibility index (Phi) is 1.72. The molecule has 0 aromatic rings. The van der Waals surface area contributed by atoms with Crippen molar-refractivity contribution in [1.29, 1.82) is 0 Å². The summed E-state index contributed by atoms with van der Waals surface area (Å²) in [6.07, 6.45) is -2.57. The van der Waals surface area contributed by atoms with Crippen LogP contribution in [0.1, 0.15) is 6.92 Å². The Hall–Kier alpha value is -0.510. The van der Waals surface area contributed by atoms with E-state index in [-0.39, 0.29) is 13.1 Å². The molecule has 1 aliphatic heterocycles. The van der Waals surface area contributed by atoms with Gasteiger partial charge in [0.2, 0.25) is 0 Å². The first-order valence-electron chi connectivity index (χ1n) is 2.97. The highest BCUT2D eigenvalue weighted by molar-refractivity contribution is 5.08. The number of halogens is 3. The highest BCUT2D eigenvalue weighted by Crippen LogP contribution is 2.24. The molecule has 0 aromatic carbocycles. The van der Waals surface area contributed by atoms with E-state index in [1.54, 1.807) is 13.0 Å². The van der Waals surface area contributed by atoms with Gasteiger partial charge in [0.05, 0.1) is 0 Å². The average Bonchev–Trinajstić information content (AvgIpc) is 2.11. The number of nitrogens with zero attached hydrogens (tertiary/aromatic N) is 1. The predicted octanol–water partition coefficient (Wildman–Crippen LogP) is 1.77. The van der Waals surface area contributed by atoms with Gasteiger partial charge in [0.25, 0.3) is 0 Å². The van der Waals surface area contributed by atoms with Crippen molar-refractivity contribution in [2.75, 3.05) is 13.1 Å². The molecule has 0 radical (unpaired) electrons. The van der Waals surface area contributed by atoms with Crippen LogP contribution in [0.15, 0.2) is 11.6 Å². The van der Waals surface area contributed by atoms with E-state index in [4.69, 9.17) is 0 Å². The van der Waals surface area contributed by atoms with Gasteiger partial charge in [-0.2, -0.15) is 13.2 Å². The molecular formula is C6H8F3N. The number of hydrogen-bond acceptors (Lipinski definition) is 1. The van der Waals surface area contributed by atoms with E-state index in [2.05, 4.69) is 0 Å². The lowest BCUT2D eigenvalue weighted by Gasteiger charge is -2.18. The third-order valence-corrected chi connectivity index (χ3v) is 1.46. The SMILES string of the molecule is CC1=CCN(C(F)(F)F)C1. The fraction of sp³-hybridized carbons (Fsp3) is 0.667. The molecule has 0 unspecified atom stereocenters. The molecule has 0 fully saturated rings. The largest absolute Gasteiger partial charge is 0.460 e. The minimum atomic E-state index is -4.16. The summed E-state index contributed by atoms with van der Waals surface area (Å²) in [6, 6.07) is 0. The average molecular weight is 151 g/mol. The number of rotatable bonds is 0. The van der Waals surface area contributed by atoms with Gasteiger partial charge in [0.15, 0.2) is 0 Å². The van der Waals surface area contributed by atoms with Gasteiger partial charge in [-0.15, -0.1) is 0 Å². The molecule has 1 nitrogen and oxygen atoms in total. The molecule has 0 saturated heterocycles. The van der Waals surface area contributed by atoms with Crippen LogP contribution in [0.2, 0.25) is 0 Å². The van der Waals surface area contributed by atoms with Crippen LogP contribution in [0, 0.1) is 0 Å². The third-order valence-electron chi connectivity index (χ3n) is 1.46. The molecule has 1 heterocycles. The van der Waals surface area contributed by atoms with Crippen molar-refractivity contribution in [3.63, 3.8) is 0 Å². The molecule has 0 aliphatic carbocycles.